The van der Waals surface area contributed by atoms with Gasteiger partial charge in [0, 0.05) is 45.3 Å². The van der Waals surface area contributed by atoms with Gasteiger partial charge in [0.25, 0.3) is 0 Å². The normalized spacial score (nSPS) is 25.9. The lowest BCUT2D eigenvalue weighted by atomic mass is 9.90. The van der Waals surface area contributed by atoms with Crippen molar-refractivity contribution in [1.82, 2.24) is 20.0 Å². The Labute approximate surface area is 125 Å². The fraction of sp³-hybridized carbons (Fsp3) is 1.00. The van der Waals surface area contributed by atoms with Gasteiger partial charge in [-0.1, -0.05) is 6.92 Å². The molecule has 118 valence electrons. The smallest absolute Gasteiger partial charge is 0.0110 e. The van der Waals surface area contributed by atoms with E-state index in [0.29, 0.717) is 6.04 Å². The predicted molar refractivity (Wildman–Crippen MR) is 86.2 cm³/mol. The Bertz CT molecular complexity index is 255. The third-order valence-corrected chi connectivity index (χ3v) is 5.28. The number of piperidine rings is 1. The summed E-state index contributed by atoms with van der Waals surface area (Å²) in [5.41, 5.74) is 0. The van der Waals surface area contributed by atoms with Gasteiger partial charge in [-0.05, 0) is 52.4 Å². The van der Waals surface area contributed by atoms with Crippen LogP contribution in [0.1, 0.15) is 26.7 Å². The minimum atomic E-state index is 0.682. The third kappa shape index (κ3) is 4.99. The number of likely N-dealkylation sites (tertiary alicyclic amines) is 1. The van der Waals surface area contributed by atoms with Crippen LogP contribution >= 0.6 is 0 Å². The van der Waals surface area contributed by atoms with E-state index in [4.69, 9.17) is 0 Å². The number of hydrogen-bond donors (Lipinski definition) is 1. The SMILES string of the molecule is CCN1CCC(C(C)NCCN2CCN(C)CC2)CC1. The molecule has 0 aromatic rings. The summed E-state index contributed by atoms with van der Waals surface area (Å²) in [6.07, 6.45) is 2.74. The molecule has 4 heteroatoms. The topological polar surface area (TPSA) is 21.8 Å². The molecule has 1 unspecified atom stereocenters. The molecule has 0 amide bonds. The van der Waals surface area contributed by atoms with Gasteiger partial charge >= 0.3 is 0 Å². The molecule has 0 aromatic heterocycles. The maximum Gasteiger partial charge on any atom is 0.0110 e. The first-order valence-electron chi connectivity index (χ1n) is 8.55. The summed E-state index contributed by atoms with van der Waals surface area (Å²) in [6, 6.07) is 0.682. The molecule has 1 atom stereocenters. The number of nitrogens with zero attached hydrogens (tertiary/aromatic N) is 3. The first kappa shape index (κ1) is 16.2. The zero-order valence-electron chi connectivity index (χ0n) is 13.8. The van der Waals surface area contributed by atoms with Crippen molar-refractivity contribution >= 4 is 0 Å². The highest BCUT2D eigenvalue weighted by Gasteiger charge is 2.23. The van der Waals surface area contributed by atoms with E-state index in [1.165, 1.54) is 65.2 Å². The van der Waals surface area contributed by atoms with Crippen molar-refractivity contribution < 1.29 is 0 Å². The number of hydrogen-bond acceptors (Lipinski definition) is 4. The molecule has 2 heterocycles. The van der Waals surface area contributed by atoms with Gasteiger partial charge in [-0.15, -0.1) is 0 Å². The zero-order chi connectivity index (χ0) is 14.4. The lowest BCUT2D eigenvalue weighted by Crippen LogP contribution is -2.48. The predicted octanol–water partition coefficient (Wildman–Crippen LogP) is 0.944. The quantitative estimate of drug-likeness (QED) is 0.783. The van der Waals surface area contributed by atoms with Gasteiger partial charge in [-0.3, -0.25) is 4.90 Å². The fourth-order valence-electron chi connectivity index (χ4n) is 3.46. The zero-order valence-corrected chi connectivity index (χ0v) is 13.8. The van der Waals surface area contributed by atoms with E-state index in [1.54, 1.807) is 0 Å². The maximum absolute atomic E-state index is 3.77. The molecule has 20 heavy (non-hydrogen) atoms. The van der Waals surface area contributed by atoms with Crippen LogP contribution in [0, 0.1) is 5.92 Å². The van der Waals surface area contributed by atoms with Crippen LogP contribution in [0.5, 0.6) is 0 Å². The Morgan fingerprint density at radius 2 is 1.65 bits per heavy atom. The second-order valence-electron chi connectivity index (χ2n) is 6.66. The summed E-state index contributed by atoms with van der Waals surface area (Å²) in [6.45, 7) is 15.8. The number of nitrogens with one attached hydrogen (secondary N) is 1. The van der Waals surface area contributed by atoms with Crippen LogP contribution < -0.4 is 5.32 Å². The molecule has 2 fully saturated rings. The largest absolute Gasteiger partial charge is 0.313 e. The highest BCUT2D eigenvalue weighted by Crippen LogP contribution is 2.20. The van der Waals surface area contributed by atoms with E-state index in [2.05, 4.69) is 40.9 Å². The molecule has 0 aliphatic carbocycles. The van der Waals surface area contributed by atoms with Crippen molar-refractivity contribution in [1.29, 1.82) is 0 Å². The molecule has 0 saturated carbocycles. The van der Waals surface area contributed by atoms with Crippen molar-refractivity contribution in [2.75, 3.05) is 66.0 Å². The van der Waals surface area contributed by atoms with Gasteiger partial charge in [0.1, 0.15) is 0 Å². The molecular weight excluding hydrogens is 248 g/mol. The summed E-state index contributed by atoms with van der Waals surface area (Å²) in [4.78, 5) is 7.60. The van der Waals surface area contributed by atoms with Gasteiger partial charge in [0.05, 0.1) is 0 Å². The summed E-state index contributed by atoms with van der Waals surface area (Å²) in [5, 5.41) is 3.77. The van der Waals surface area contributed by atoms with Crippen LogP contribution in [0.4, 0.5) is 0 Å². The fourth-order valence-corrected chi connectivity index (χ4v) is 3.46. The number of rotatable bonds is 6. The van der Waals surface area contributed by atoms with Gasteiger partial charge in [-0.2, -0.15) is 0 Å². The van der Waals surface area contributed by atoms with Crippen molar-refractivity contribution in [3.63, 3.8) is 0 Å². The van der Waals surface area contributed by atoms with Crippen LogP contribution in [0.2, 0.25) is 0 Å². The van der Waals surface area contributed by atoms with Crippen molar-refractivity contribution in [2.45, 2.75) is 32.7 Å². The van der Waals surface area contributed by atoms with E-state index in [-0.39, 0.29) is 0 Å². The summed E-state index contributed by atoms with van der Waals surface area (Å²) < 4.78 is 0. The average Bonchev–Trinajstić information content (AvgIpc) is 2.49. The van der Waals surface area contributed by atoms with Crippen LogP contribution in [-0.2, 0) is 0 Å². The lowest BCUT2D eigenvalue weighted by molar-refractivity contribution is 0.145. The summed E-state index contributed by atoms with van der Waals surface area (Å²) in [7, 11) is 2.22. The average molecular weight is 282 g/mol. The first-order valence-corrected chi connectivity index (χ1v) is 8.55. The highest BCUT2D eigenvalue weighted by molar-refractivity contribution is 4.80. The Morgan fingerprint density at radius 1 is 1.00 bits per heavy atom. The Morgan fingerprint density at radius 3 is 2.25 bits per heavy atom. The molecule has 0 radical (unpaired) electrons. The highest BCUT2D eigenvalue weighted by atomic mass is 15.2. The molecule has 1 N–H and O–H groups in total. The van der Waals surface area contributed by atoms with Crippen LogP contribution in [0.25, 0.3) is 0 Å². The van der Waals surface area contributed by atoms with Gasteiger partial charge in [0.2, 0.25) is 0 Å². The standard InChI is InChI=1S/C16H34N4/c1-4-19-8-5-16(6-9-19)15(2)17-7-10-20-13-11-18(3)12-14-20/h15-17H,4-14H2,1-3H3. The third-order valence-electron chi connectivity index (χ3n) is 5.28. The molecule has 4 nitrogen and oxygen atoms in total. The van der Waals surface area contributed by atoms with E-state index < -0.39 is 0 Å². The summed E-state index contributed by atoms with van der Waals surface area (Å²) in [5.74, 6) is 0.880. The molecule has 0 aromatic carbocycles. The number of likely N-dealkylation sites (N-methyl/N-ethyl adjacent to an activating group) is 1. The molecule has 0 bridgehead atoms. The van der Waals surface area contributed by atoms with Crippen molar-refractivity contribution in [3.8, 4) is 0 Å². The molecule has 2 aliphatic heterocycles. The Kier molecular flexibility index (Phi) is 6.75. The van der Waals surface area contributed by atoms with E-state index in [1.807, 2.05) is 0 Å². The van der Waals surface area contributed by atoms with Crippen LogP contribution in [-0.4, -0.2) is 86.7 Å². The van der Waals surface area contributed by atoms with Gasteiger partial charge < -0.3 is 15.1 Å². The molecule has 0 spiro atoms. The lowest BCUT2D eigenvalue weighted by Gasteiger charge is -2.35. The molecule has 2 aliphatic rings. The van der Waals surface area contributed by atoms with Crippen molar-refractivity contribution in [3.05, 3.63) is 0 Å². The second-order valence-corrected chi connectivity index (χ2v) is 6.66. The maximum atomic E-state index is 3.77. The van der Waals surface area contributed by atoms with Crippen LogP contribution in [0.15, 0.2) is 0 Å². The van der Waals surface area contributed by atoms with Gasteiger partial charge in [-0.25, -0.2) is 0 Å². The Balaban J connectivity index is 1.57. The van der Waals surface area contributed by atoms with Crippen LogP contribution in [0.3, 0.4) is 0 Å². The van der Waals surface area contributed by atoms with Crippen molar-refractivity contribution in [2.24, 2.45) is 5.92 Å². The first-order chi connectivity index (χ1) is 9.69. The van der Waals surface area contributed by atoms with E-state index in [0.717, 1.165) is 12.5 Å². The minimum Gasteiger partial charge on any atom is -0.313 e. The number of piperazine rings is 1. The minimum absolute atomic E-state index is 0.682. The molecular formula is C16H34N4. The van der Waals surface area contributed by atoms with E-state index in [9.17, 15) is 0 Å². The van der Waals surface area contributed by atoms with E-state index >= 15 is 0 Å². The second kappa shape index (κ2) is 8.32. The molecule has 2 rings (SSSR count). The summed E-state index contributed by atoms with van der Waals surface area (Å²) >= 11 is 0. The Hall–Kier alpha value is -0.160. The molecule has 2 saturated heterocycles. The van der Waals surface area contributed by atoms with Gasteiger partial charge in [0.15, 0.2) is 0 Å². The monoisotopic (exact) mass is 282 g/mol.